The van der Waals surface area contributed by atoms with E-state index >= 15 is 0 Å². The molecule has 0 bridgehead atoms. The molecule has 0 atom stereocenters. The number of para-hydroxylation sites is 3. The van der Waals surface area contributed by atoms with Gasteiger partial charge in [-0.1, -0.05) is 167 Å². The van der Waals surface area contributed by atoms with Gasteiger partial charge in [0.2, 0.25) is 0 Å². The Kier molecular flexibility index (Phi) is 12.3. The Bertz CT molecular complexity index is 3590. The number of rotatable bonds is 7. The molecule has 4 aromatic heterocycles. The summed E-state index contributed by atoms with van der Waals surface area (Å²) < 4.78 is 15.0. The molecule has 0 saturated heterocycles. The van der Waals surface area contributed by atoms with Crippen LogP contribution in [0, 0.1) is 25.0 Å². The smallest absolute Gasteiger partial charge is 0.121 e. The van der Waals surface area contributed by atoms with Gasteiger partial charge in [-0.3, -0.25) is 4.98 Å². The van der Waals surface area contributed by atoms with E-state index in [2.05, 4.69) is 199 Å². The summed E-state index contributed by atoms with van der Waals surface area (Å²) >= 11 is 0. The number of nitrogens with zero attached hydrogens (tertiary/aromatic N) is 3. The molecule has 0 aliphatic carbocycles. The van der Waals surface area contributed by atoms with Gasteiger partial charge in [-0.15, -0.1) is 36.4 Å². The molecule has 0 N–H and O–H groups in total. The standard InChI is InChI=1S/C36H29N2O.C24H26NOSi.Ir/c1-23-17-19-26-27-13-10-14-28(34(27)39-33(26)21-23)35-37-30-15-8-9-16-32(30)38(35)31-20-18-25(36(2,3)4)22-29(31)24-11-6-5-7-12-24;1-16(2)13-17-14-21(25-15-23(17)27(3,4)5)20-11-8-10-19-18-9-6-7-12-22(18)26-24(19)20;/h5-13,15-22H,1-4H3;6-10,12,14-16H,13H2,1-5H3;/q2*-1;. The maximum Gasteiger partial charge on any atom is 0.121 e. The Morgan fingerprint density at radius 1 is 0.672 bits per heavy atom. The molecule has 4 heterocycles. The molecule has 337 valence electrons. The normalized spacial score (nSPS) is 12.0. The number of aryl methyl sites for hydroxylation is 1. The largest absolute Gasteiger partial charge is 0.501 e. The molecule has 0 spiro atoms. The average Bonchev–Trinajstić information content (AvgIpc) is 3.99. The molecule has 1 radical (unpaired) electrons. The molecule has 7 aromatic carbocycles. The van der Waals surface area contributed by atoms with Crippen molar-refractivity contribution in [2.45, 2.75) is 73.0 Å². The molecule has 11 aromatic rings. The zero-order chi connectivity index (χ0) is 45.9. The maximum absolute atomic E-state index is 6.50. The van der Waals surface area contributed by atoms with Gasteiger partial charge in [0.25, 0.3) is 0 Å². The zero-order valence-electron chi connectivity index (χ0n) is 39.7. The number of hydrogen-bond donors (Lipinski definition) is 0. The monoisotopic (exact) mass is 1070 g/mol. The van der Waals surface area contributed by atoms with Gasteiger partial charge >= 0.3 is 0 Å². The van der Waals surface area contributed by atoms with Crippen molar-refractivity contribution >= 4 is 68.2 Å². The summed E-state index contributed by atoms with van der Waals surface area (Å²) in [6.45, 7) is 20.6. The summed E-state index contributed by atoms with van der Waals surface area (Å²) in [5, 5.41) is 5.90. The Morgan fingerprint density at radius 3 is 2.06 bits per heavy atom. The van der Waals surface area contributed by atoms with Crippen molar-refractivity contribution in [2.24, 2.45) is 5.92 Å². The SMILES string of the molecule is CC(C)Cc1cc(-c2[c-]ccc3c2oc2ccccc23)ncc1[Si](C)(C)C.Cc1ccc2c(c1)oc1c(-c3nc4ccccc4n3-c3ccc(C(C)(C)C)cc3-c3ccccc3)[c-]ccc12.[Ir]. The van der Waals surface area contributed by atoms with Crippen molar-refractivity contribution in [3.05, 3.63) is 181 Å². The minimum atomic E-state index is -1.44. The number of fused-ring (bicyclic) bond motifs is 7. The zero-order valence-corrected chi connectivity index (χ0v) is 43.1. The van der Waals surface area contributed by atoms with Gasteiger partial charge in [0.05, 0.1) is 36.1 Å². The van der Waals surface area contributed by atoms with E-state index in [1.807, 2.05) is 30.3 Å². The third-order valence-corrected chi connectivity index (χ3v) is 14.6. The van der Waals surface area contributed by atoms with Gasteiger partial charge in [0, 0.05) is 48.3 Å². The number of hydrogen-bond acceptors (Lipinski definition) is 4. The predicted octanol–water partition coefficient (Wildman–Crippen LogP) is 15.9. The summed E-state index contributed by atoms with van der Waals surface area (Å²) in [5.41, 5.74) is 15.6. The van der Waals surface area contributed by atoms with Gasteiger partial charge in [-0.05, 0) is 88.6 Å². The van der Waals surface area contributed by atoms with Crippen LogP contribution in [0.5, 0.6) is 0 Å². The number of furan rings is 2. The average molecular weight is 1070 g/mol. The van der Waals surface area contributed by atoms with Crippen LogP contribution in [0.1, 0.15) is 51.3 Å². The van der Waals surface area contributed by atoms with E-state index in [1.165, 1.54) is 33.0 Å². The van der Waals surface area contributed by atoms with E-state index in [1.54, 1.807) is 0 Å². The molecular weight excluding hydrogens is 1010 g/mol. The van der Waals surface area contributed by atoms with Gasteiger partial charge in [-0.25, -0.2) is 0 Å². The molecule has 0 saturated carbocycles. The first-order valence-electron chi connectivity index (χ1n) is 23.1. The molecule has 0 fully saturated rings. The second kappa shape index (κ2) is 18.0. The Balaban J connectivity index is 0.000000177. The molecule has 11 rings (SSSR count). The van der Waals surface area contributed by atoms with Crippen molar-refractivity contribution in [3.8, 4) is 39.5 Å². The second-order valence-electron chi connectivity index (χ2n) is 20.1. The Labute approximate surface area is 408 Å². The first-order chi connectivity index (χ1) is 31.7. The van der Waals surface area contributed by atoms with Crippen LogP contribution in [-0.2, 0) is 31.9 Å². The molecular formula is C60H55IrN3O2Si-2. The maximum atomic E-state index is 6.50. The third-order valence-electron chi connectivity index (χ3n) is 12.6. The van der Waals surface area contributed by atoms with Crippen LogP contribution >= 0.6 is 0 Å². The first kappa shape index (κ1) is 45.8. The van der Waals surface area contributed by atoms with E-state index < -0.39 is 8.07 Å². The summed E-state index contributed by atoms with van der Waals surface area (Å²) in [4.78, 5) is 10.0. The topological polar surface area (TPSA) is 57.0 Å². The van der Waals surface area contributed by atoms with Crippen molar-refractivity contribution < 1.29 is 28.9 Å². The second-order valence-corrected chi connectivity index (χ2v) is 25.1. The fourth-order valence-corrected chi connectivity index (χ4v) is 10.9. The quantitative estimate of drug-likeness (QED) is 0.118. The molecule has 67 heavy (non-hydrogen) atoms. The molecule has 0 aliphatic rings. The number of aromatic nitrogens is 3. The summed E-state index contributed by atoms with van der Waals surface area (Å²) in [5.74, 6) is 1.43. The van der Waals surface area contributed by atoms with E-state index in [0.29, 0.717) is 5.92 Å². The van der Waals surface area contributed by atoms with Crippen LogP contribution in [0.15, 0.2) is 161 Å². The summed E-state index contributed by atoms with van der Waals surface area (Å²) in [6, 6.07) is 57.6. The van der Waals surface area contributed by atoms with Crippen LogP contribution in [0.3, 0.4) is 0 Å². The number of pyridine rings is 1. The fraction of sp³-hybridized carbons (Fsp3) is 0.200. The van der Waals surface area contributed by atoms with Crippen molar-refractivity contribution in [2.75, 3.05) is 0 Å². The van der Waals surface area contributed by atoms with Gasteiger partial charge in [-0.2, -0.15) is 0 Å². The Morgan fingerprint density at radius 2 is 1.33 bits per heavy atom. The molecule has 0 aliphatic heterocycles. The van der Waals surface area contributed by atoms with Crippen molar-refractivity contribution in [1.82, 2.24) is 14.5 Å². The minimum Gasteiger partial charge on any atom is -0.501 e. The van der Waals surface area contributed by atoms with E-state index in [9.17, 15) is 0 Å². The minimum absolute atomic E-state index is 0. The van der Waals surface area contributed by atoms with E-state index in [4.69, 9.17) is 18.8 Å². The van der Waals surface area contributed by atoms with E-state index in [0.717, 1.165) is 89.7 Å². The van der Waals surface area contributed by atoms with Gasteiger partial charge < -0.3 is 18.4 Å². The summed E-state index contributed by atoms with van der Waals surface area (Å²) in [6.07, 6.45) is 3.18. The number of imidazole rings is 1. The summed E-state index contributed by atoms with van der Waals surface area (Å²) in [7, 11) is -1.44. The number of benzene rings is 7. The van der Waals surface area contributed by atoms with Crippen LogP contribution < -0.4 is 5.19 Å². The van der Waals surface area contributed by atoms with Crippen LogP contribution in [-0.4, -0.2) is 22.6 Å². The van der Waals surface area contributed by atoms with Crippen LogP contribution in [0.2, 0.25) is 19.6 Å². The van der Waals surface area contributed by atoms with E-state index in [-0.39, 0.29) is 25.5 Å². The van der Waals surface area contributed by atoms with Crippen LogP contribution in [0.4, 0.5) is 0 Å². The molecule has 5 nitrogen and oxygen atoms in total. The van der Waals surface area contributed by atoms with Crippen molar-refractivity contribution in [3.63, 3.8) is 0 Å². The molecule has 0 amide bonds. The Hall–Kier alpha value is -6.37. The molecule has 7 heteroatoms. The van der Waals surface area contributed by atoms with Gasteiger partial charge in [0.15, 0.2) is 0 Å². The third kappa shape index (κ3) is 8.73. The fourth-order valence-electron chi connectivity index (χ4n) is 9.30. The van der Waals surface area contributed by atoms with Crippen molar-refractivity contribution in [1.29, 1.82) is 0 Å². The van der Waals surface area contributed by atoms with Gasteiger partial charge in [0.1, 0.15) is 11.2 Å². The molecule has 0 unspecified atom stereocenters. The van der Waals surface area contributed by atoms with Crippen LogP contribution in [0.25, 0.3) is 94.4 Å². The first-order valence-corrected chi connectivity index (χ1v) is 26.6. The predicted molar refractivity (Wildman–Crippen MR) is 279 cm³/mol.